The molecule has 0 radical (unpaired) electrons. The Bertz CT molecular complexity index is 2020. The fourth-order valence-corrected chi connectivity index (χ4v) is 6.79. The van der Waals surface area contributed by atoms with Crippen LogP contribution in [0.1, 0.15) is 5.56 Å². The molecule has 0 saturated heterocycles. The molecule has 1 nitrogen and oxygen atoms in total. The van der Waals surface area contributed by atoms with Crippen molar-refractivity contribution in [1.29, 1.82) is 0 Å². The van der Waals surface area contributed by atoms with E-state index in [0.29, 0.717) is 10.9 Å². The molecule has 0 heterocycles. The zero-order valence-corrected chi connectivity index (χ0v) is 28.8. The maximum absolute atomic E-state index is 15.4. The van der Waals surface area contributed by atoms with Crippen molar-refractivity contribution in [3.63, 3.8) is 0 Å². The van der Waals surface area contributed by atoms with Gasteiger partial charge in [-0.05, 0) is 23.0 Å². The van der Waals surface area contributed by atoms with Crippen LogP contribution >= 0.6 is 0 Å². The van der Waals surface area contributed by atoms with Gasteiger partial charge in [-0.2, -0.15) is 0 Å². The molecule has 57 heavy (non-hydrogen) atoms. The van der Waals surface area contributed by atoms with E-state index in [1.54, 1.807) is 7.11 Å². The van der Waals surface area contributed by atoms with Gasteiger partial charge in [0, 0.05) is 5.56 Å². The molecular weight excluding hydrogens is 847 g/mol. The number of benzene rings is 5. The van der Waals surface area contributed by atoms with Gasteiger partial charge in [0.15, 0.2) is 69.8 Å². The first-order valence-electron chi connectivity index (χ1n) is 14.8. The molecule has 0 amide bonds. The van der Waals surface area contributed by atoms with E-state index >= 15 is 35.1 Å². The predicted octanol–water partition coefficient (Wildman–Crippen LogP) is 7.92. The van der Waals surface area contributed by atoms with E-state index in [9.17, 15) is 52.7 Å². The SMILES string of the molecule is COc1ccc(C[S+](C)C)cc1.Fc1c(F)c(F)c([B-](c2c(F)c(F)c(F)c(F)c2F)(c2c(F)c(F)c(F)c(F)c2F)c2c(F)c(F)c(F)c(F)c2F)c(F)c1F. The molecule has 0 aliphatic carbocycles. The lowest BCUT2D eigenvalue weighted by molar-refractivity contribution is 0.378. The average Bonchev–Trinajstić information content (AvgIpc) is 3.18. The molecular formula is C34H15BF20OS. The molecule has 0 aliphatic heterocycles. The highest BCUT2D eigenvalue weighted by Crippen LogP contribution is 2.30. The van der Waals surface area contributed by atoms with Crippen LogP contribution in [0, 0.1) is 116 Å². The predicted molar refractivity (Wildman–Crippen MR) is 165 cm³/mol. The minimum atomic E-state index is -7.22. The van der Waals surface area contributed by atoms with Gasteiger partial charge in [-0.15, -0.1) is 21.9 Å². The van der Waals surface area contributed by atoms with Crippen LogP contribution in [0.2, 0.25) is 0 Å². The number of rotatable bonds is 7. The van der Waals surface area contributed by atoms with Gasteiger partial charge in [0.1, 0.15) is 64.2 Å². The molecule has 0 unspecified atom stereocenters. The van der Waals surface area contributed by atoms with E-state index in [0.717, 1.165) is 5.75 Å². The van der Waals surface area contributed by atoms with Gasteiger partial charge in [0.05, 0.1) is 19.6 Å². The fraction of sp³-hybridized carbons (Fsp3) is 0.118. The maximum Gasteiger partial charge on any atom is 0.200 e. The first-order valence-corrected chi connectivity index (χ1v) is 17.0. The van der Waals surface area contributed by atoms with E-state index in [1.807, 2.05) is 12.1 Å². The van der Waals surface area contributed by atoms with Crippen LogP contribution in [0.25, 0.3) is 0 Å². The molecule has 0 aromatic heterocycles. The second kappa shape index (κ2) is 16.4. The summed E-state index contributed by atoms with van der Waals surface area (Å²) in [6, 6.07) is 8.29. The second-order valence-corrected chi connectivity index (χ2v) is 14.0. The number of ether oxygens (including phenoxy) is 1. The summed E-state index contributed by atoms with van der Waals surface area (Å²) in [6.45, 7) is 0. The summed E-state index contributed by atoms with van der Waals surface area (Å²) in [5.74, 6) is -69.3. The molecule has 0 saturated carbocycles. The van der Waals surface area contributed by atoms with Crippen LogP contribution in [0.5, 0.6) is 5.75 Å². The third-order valence-corrected chi connectivity index (χ3v) is 9.23. The third kappa shape index (κ3) is 7.11. The normalized spacial score (nSPS) is 11.6. The Hall–Kier alpha value is -5.09. The number of halogens is 20. The molecule has 5 aromatic carbocycles. The summed E-state index contributed by atoms with van der Waals surface area (Å²) in [5.41, 5.74) is -12.9. The highest BCUT2D eigenvalue weighted by Gasteiger charge is 2.52. The molecule has 23 heteroatoms. The van der Waals surface area contributed by atoms with Crippen molar-refractivity contribution < 1.29 is 92.5 Å². The fourth-order valence-electron chi connectivity index (χ4n) is 5.93. The second-order valence-electron chi connectivity index (χ2n) is 11.8. The molecule has 0 N–H and O–H groups in total. The lowest BCUT2D eigenvalue weighted by Gasteiger charge is -2.44. The Balaban J connectivity index is 0.000000512. The van der Waals surface area contributed by atoms with Crippen molar-refractivity contribution in [1.82, 2.24) is 0 Å². The van der Waals surface area contributed by atoms with Crippen LogP contribution in [0.4, 0.5) is 87.8 Å². The van der Waals surface area contributed by atoms with E-state index in [1.165, 1.54) is 11.3 Å². The van der Waals surface area contributed by atoms with Crippen molar-refractivity contribution in [2.75, 3.05) is 19.6 Å². The lowest BCUT2D eigenvalue weighted by Crippen LogP contribution is -2.81. The van der Waals surface area contributed by atoms with Gasteiger partial charge in [-0.25, -0.2) is 87.8 Å². The first-order chi connectivity index (χ1) is 26.4. The van der Waals surface area contributed by atoms with Gasteiger partial charge >= 0.3 is 0 Å². The molecule has 0 bridgehead atoms. The Morgan fingerprint density at radius 2 is 0.544 bits per heavy atom. The van der Waals surface area contributed by atoms with E-state index in [4.69, 9.17) is 4.74 Å². The molecule has 0 aliphatic rings. The highest BCUT2D eigenvalue weighted by atomic mass is 32.2. The van der Waals surface area contributed by atoms with Crippen LogP contribution in [0.15, 0.2) is 24.3 Å². The minimum Gasteiger partial charge on any atom is -0.497 e. The summed E-state index contributed by atoms with van der Waals surface area (Å²) in [7, 11) is 2.18. The molecule has 5 rings (SSSR count). The average molecular weight is 862 g/mol. The molecule has 0 fully saturated rings. The lowest BCUT2D eigenvalue weighted by atomic mass is 9.12. The molecule has 0 spiro atoms. The summed E-state index contributed by atoms with van der Waals surface area (Å²) in [6.07, 6.45) is -2.71. The van der Waals surface area contributed by atoms with Gasteiger partial charge in [0.25, 0.3) is 0 Å². The molecule has 5 aromatic rings. The topological polar surface area (TPSA) is 9.23 Å². The van der Waals surface area contributed by atoms with Gasteiger partial charge in [-0.1, -0.05) is 12.1 Å². The maximum atomic E-state index is 15.4. The van der Waals surface area contributed by atoms with Crippen molar-refractivity contribution in [2.24, 2.45) is 0 Å². The molecule has 306 valence electrons. The van der Waals surface area contributed by atoms with Gasteiger partial charge in [0.2, 0.25) is 0 Å². The monoisotopic (exact) mass is 862 g/mol. The van der Waals surface area contributed by atoms with Crippen molar-refractivity contribution in [2.45, 2.75) is 5.75 Å². The largest absolute Gasteiger partial charge is 0.497 e. The highest BCUT2D eigenvalue weighted by molar-refractivity contribution is 7.94. The van der Waals surface area contributed by atoms with Crippen LogP contribution < -0.4 is 26.6 Å². The Kier molecular flexibility index (Phi) is 12.9. The van der Waals surface area contributed by atoms with Gasteiger partial charge < -0.3 is 4.74 Å². The standard InChI is InChI=1S/C24BF20.C10H15OS/c26-5-1(6(27)14(35)21(42)13(5)34)25(2-7(28)15(36)22(43)16(37)8(2)29,3-9(30)17(38)23(44)18(39)10(3)31)4-11(32)19(40)24(45)20(41)12(4)33;1-11-10-6-4-9(5-7-10)8-12(2)3/h;4-7H,8H2,1-3H3/q-1;+1. The van der Waals surface area contributed by atoms with Crippen LogP contribution in [-0.4, -0.2) is 25.8 Å². The number of methoxy groups -OCH3 is 1. The zero-order valence-electron chi connectivity index (χ0n) is 28.0. The van der Waals surface area contributed by atoms with Crippen molar-refractivity contribution in [3.8, 4) is 5.75 Å². The third-order valence-electron chi connectivity index (χ3n) is 8.32. The smallest absolute Gasteiger partial charge is 0.200 e. The van der Waals surface area contributed by atoms with Gasteiger partial charge in [-0.3, -0.25) is 0 Å². The Labute approximate surface area is 308 Å². The van der Waals surface area contributed by atoms with Crippen LogP contribution in [-0.2, 0) is 16.6 Å². The van der Waals surface area contributed by atoms with E-state index < -0.39 is 144 Å². The quantitative estimate of drug-likeness (QED) is 0.0532. The zero-order chi connectivity index (χ0) is 43.3. The van der Waals surface area contributed by atoms with E-state index in [-0.39, 0.29) is 0 Å². The minimum absolute atomic E-state index is 0.484. The first kappa shape index (κ1) is 44.6. The Morgan fingerprint density at radius 3 is 0.719 bits per heavy atom. The van der Waals surface area contributed by atoms with E-state index in [2.05, 4.69) is 24.6 Å². The molecule has 0 atom stereocenters. The summed E-state index contributed by atoms with van der Waals surface area (Å²) in [4.78, 5) is 0. The number of hydrogen-bond acceptors (Lipinski definition) is 1. The van der Waals surface area contributed by atoms with Crippen molar-refractivity contribution in [3.05, 3.63) is 146 Å². The Morgan fingerprint density at radius 1 is 0.351 bits per heavy atom. The summed E-state index contributed by atoms with van der Waals surface area (Å²) >= 11 is 0. The number of hydrogen-bond donors (Lipinski definition) is 0. The van der Waals surface area contributed by atoms with Crippen LogP contribution in [0.3, 0.4) is 0 Å². The van der Waals surface area contributed by atoms with Crippen molar-refractivity contribution >= 4 is 38.9 Å². The summed E-state index contributed by atoms with van der Waals surface area (Å²) < 4.78 is 299. The summed E-state index contributed by atoms with van der Waals surface area (Å²) in [5, 5.41) is 0.